The molecule has 1 aromatic heterocycles. The van der Waals surface area contributed by atoms with E-state index < -0.39 is 0 Å². The Kier molecular flexibility index (Phi) is 3.49. The van der Waals surface area contributed by atoms with Gasteiger partial charge in [0.05, 0.1) is 6.04 Å². The average molecular weight is 230 g/mol. The molecule has 2 rings (SSSR count). The largest absolute Gasteiger partial charge is 0.464 e. The lowest BCUT2D eigenvalue weighted by Crippen LogP contribution is -2.30. The maximum atomic E-state index is 5.85. The van der Waals surface area contributed by atoms with Crippen LogP contribution in [0.3, 0.4) is 0 Å². The van der Waals surface area contributed by atoms with Crippen LogP contribution in [0.5, 0.6) is 0 Å². The quantitative estimate of drug-likeness (QED) is 0.878. The second kappa shape index (κ2) is 5.06. The molecule has 1 aromatic carbocycles. The van der Waals surface area contributed by atoms with Gasteiger partial charge in [-0.1, -0.05) is 18.2 Å². The number of para-hydroxylation sites is 1. The standard InChI is InChI=1S/C14H18N2O/c1-11-8-9-14(17-11)13(10-15)16(2)12-6-4-3-5-7-12/h3-9,13H,10,15H2,1-2H3. The SMILES string of the molecule is Cc1ccc(C(CN)N(C)c2ccccc2)o1. The van der Waals surface area contributed by atoms with Crippen LogP contribution in [0, 0.1) is 6.92 Å². The predicted octanol–water partition coefficient (Wildman–Crippen LogP) is 2.72. The summed E-state index contributed by atoms with van der Waals surface area (Å²) in [6, 6.07) is 14.2. The van der Waals surface area contributed by atoms with Crippen molar-refractivity contribution in [1.82, 2.24) is 0 Å². The highest BCUT2D eigenvalue weighted by molar-refractivity contribution is 5.47. The molecule has 3 nitrogen and oxygen atoms in total. The smallest absolute Gasteiger partial charge is 0.127 e. The Balaban J connectivity index is 2.25. The second-order valence-electron chi connectivity index (χ2n) is 4.15. The van der Waals surface area contributed by atoms with Crippen LogP contribution in [-0.4, -0.2) is 13.6 Å². The molecule has 0 radical (unpaired) electrons. The van der Waals surface area contributed by atoms with Gasteiger partial charge in [0.25, 0.3) is 0 Å². The molecule has 0 aliphatic carbocycles. The fraction of sp³-hybridized carbons (Fsp3) is 0.286. The summed E-state index contributed by atoms with van der Waals surface area (Å²) in [4.78, 5) is 2.14. The molecule has 3 heteroatoms. The van der Waals surface area contributed by atoms with Crippen LogP contribution in [0.25, 0.3) is 0 Å². The van der Waals surface area contributed by atoms with E-state index in [-0.39, 0.29) is 6.04 Å². The molecule has 0 amide bonds. The Bertz CT molecular complexity index is 464. The molecule has 0 saturated heterocycles. The molecule has 0 aliphatic rings. The number of nitrogens with two attached hydrogens (primary N) is 1. The van der Waals surface area contributed by atoms with Gasteiger partial charge < -0.3 is 15.1 Å². The molecule has 0 aliphatic heterocycles. The van der Waals surface area contributed by atoms with Crippen LogP contribution in [0.4, 0.5) is 5.69 Å². The third kappa shape index (κ3) is 2.50. The first-order valence-corrected chi connectivity index (χ1v) is 5.76. The fourth-order valence-electron chi connectivity index (χ4n) is 1.94. The summed E-state index contributed by atoms with van der Waals surface area (Å²) in [6.07, 6.45) is 0. The maximum absolute atomic E-state index is 5.85. The molecule has 2 aromatic rings. The minimum Gasteiger partial charge on any atom is -0.464 e. The van der Waals surface area contributed by atoms with Gasteiger partial charge in [-0.2, -0.15) is 0 Å². The number of benzene rings is 1. The van der Waals surface area contributed by atoms with Crippen molar-refractivity contribution in [2.45, 2.75) is 13.0 Å². The van der Waals surface area contributed by atoms with Gasteiger partial charge in [0.1, 0.15) is 11.5 Å². The van der Waals surface area contributed by atoms with Crippen LogP contribution in [0.2, 0.25) is 0 Å². The molecular formula is C14H18N2O. The van der Waals surface area contributed by atoms with Crippen molar-refractivity contribution in [2.24, 2.45) is 5.73 Å². The lowest BCUT2D eigenvalue weighted by Gasteiger charge is -2.27. The van der Waals surface area contributed by atoms with Crippen LogP contribution in [0.15, 0.2) is 46.9 Å². The van der Waals surface area contributed by atoms with Gasteiger partial charge in [0, 0.05) is 19.3 Å². The predicted molar refractivity (Wildman–Crippen MR) is 70.1 cm³/mol. The van der Waals surface area contributed by atoms with Gasteiger partial charge in [-0.25, -0.2) is 0 Å². The summed E-state index contributed by atoms with van der Waals surface area (Å²) in [5.41, 5.74) is 6.99. The molecule has 90 valence electrons. The van der Waals surface area contributed by atoms with E-state index >= 15 is 0 Å². The zero-order valence-electron chi connectivity index (χ0n) is 10.3. The Morgan fingerprint density at radius 1 is 1.18 bits per heavy atom. The number of nitrogens with zero attached hydrogens (tertiary/aromatic N) is 1. The van der Waals surface area contributed by atoms with E-state index in [4.69, 9.17) is 10.2 Å². The summed E-state index contributed by atoms with van der Waals surface area (Å²) in [5, 5.41) is 0. The number of furan rings is 1. The highest BCUT2D eigenvalue weighted by atomic mass is 16.3. The van der Waals surface area contributed by atoms with Gasteiger partial charge in [-0.15, -0.1) is 0 Å². The number of hydrogen-bond acceptors (Lipinski definition) is 3. The van der Waals surface area contributed by atoms with E-state index in [1.807, 2.05) is 44.3 Å². The first-order chi connectivity index (χ1) is 8.22. The van der Waals surface area contributed by atoms with Crippen LogP contribution < -0.4 is 10.6 Å². The fourth-order valence-corrected chi connectivity index (χ4v) is 1.94. The Morgan fingerprint density at radius 3 is 2.41 bits per heavy atom. The monoisotopic (exact) mass is 230 g/mol. The highest BCUT2D eigenvalue weighted by Gasteiger charge is 2.18. The summed E-state index contributed by atoms with van der Waals surface area (Å²) < 4.78 is 5.66. The molecule has 1 atom stereocenters. The van der Waals surface area contributed by atoms with Crippen molar-refractivity contribution in [2.75, 3.05) is 18.5 Å². The second-order valence-corrected chi connectivity index (χ2v) is 4.15. The first kappa shape index (κ1) is 11.7. The average Bonchev–Trinajstić information content (AvgIpc) is 2.78. The zero-order valence-corrected chi connectivity index (χ0v) is 10.3. The van der Waals surface area contributed by atoms with Crippen LogP contribution in [-0.2, 0) is 0 Å². The van der Waals surface area contributed by atoms with Gasteiger partial charge in [0.15, 0.2) is 0 Å². The van der Waals surface area contributed by atoms with E-state index in [0.717, 1.165) is 17.2 Å². The van der Waals surface area contributed by atoms with Crippen molar-refractivity contribution in [3.05, 3.63) is 54.0 Å². The normalized spacial score (nSPS) is 12.4. The van der Waals surface area contributed by atoms with Crippen molar-refractivity contribution in [3.8, 4) is 0 Å². The van der Waals surface area contributed by atoms with Crippen molar-refractivity contribution in [1.29, 1.82) is 0 Å². The maximum Gasteiger partial charge on any atom is 0.127 e. The third-order valence-electron chi connectivity index (χ3n) is 2.94. The van der Waals surface area contributed by atoms with Gasteiger partial charge >= 0.3 is 0 Å². The summed E-state index contributed by atoms with van der Waals surface area (Å²) in [7, 11) is 2.03. The molecule has 1 unspecified atom stereocenters. The molecule has 0 spiro atoms. The lowest BCUT2D eigenvalue weighted by atomic mass is 10.1. The van der Waals surface area contributed by atoms with E-state index in [9.17, 15) is 0 Å². The van der Waals surface area contributed by atoms with Crippen molar-refractivity contribution in [3.63, 3.8) is 0 Å². The third-order valence-corrected chi connectivity index (χ3v) is 2.94. The first-order valence-electron chi connectivity index (χ1n) is 5.76. The van der Waals surface area contributed by atoms with Crippen molar-refractivity contribution < 1.29 is 4.42 Å². The zero-order chi connectivity index (χ0) is 12.3. The molecular weight excluding hydrogens is 212 g/mol. The molecule has 1 heterocycles. The molecule has 0 bridgehead atoms. The molecule has 0 saturated carbocycles. The Labute approximate surface area is 102 Å². The number of hydrogen-bond donors (Lipinski definition) is 1. The van der Waals surface area contributed by atoms with Gasteiger partial charge in [0.2, 0.25) is 0 Å². The van der Waals surface area contributed by atoms with Crippen molar-refractivity contribution >= 4 is 5.69 Å². The number of rotatable bonds is 4. The minimum absolute atomic E-state index is 0.0751. The number of anilines is 1. The summed E-state index contributed by atoms with van der Waals surface area (Å²) in [5.74, 6) is 1.83. The van der Waals surface area contributed by atoms with E-state index in [0.29, 0.717) is 6.54 Å². The lowest BCUT2D eigenvalue weighted by molar-refractivity contribution is 0.441. The van der Waals surface area contributed by atoms with Crippen LogP contribution in [0.1, 0.15) is 17.6 Å². The van der Waals surface area contributed by atoms with E-state index in [2.05, 4.69) is 17.0 Å². The minimum atomic E-state index is 0.0751. The van der Waals surface area contributed by atoms with Gasteiger partial charge in [-0.05, 0) is 31.2 Å². The Hall–Kier alpha value is -1.74. The topological polar surface area (TPSA) is 42.4 Å². The number of aryl methyl sites for hydroxylation is 1. The Morgan fingerprint density at radius 2 is 1.88 bits per heavy atom. The van der Waals surface area contributed by atoms with E-state index in [1.54, 1.807) is 0 Å². The summed E-state index contributed by atoms with van der Waals surface area (Å²) >= 11 is 0. The molecule has 17 heavy (non-hydrogen) atoms. The molecule has 0 fully saturated rings. The van der Waals surface area contributed by atoms with Gasteiger partial charge in [-0.3, -0.25) is 0 Å². The highest BCUT2D eigenvalue weighted by Crippen LogP contribution is 2.25. The van der Waals surface area contributed by atoms with E-state index in [1.165, 1.54) is 0 Å². The summed E-state index contributed by atoms with van der Waals surface area (Å²) in [6.45, 7) is 2.47. The molecule has 2 N–H and O–H groups in total. The number of likely N-dealkylation sites (N-methyl/N-ethyl adjacent to an activating group) is 1. The van der Waals surface area contributed by atoms with Crippen LogP contribution >= 0.6 is 0 Å².